The van der Waals surface area contributed by atoms with E-state index in [4.69, 9.17) is 16.3 Å². The van der Waals surface area contributed by atoms with Gasteiger partial charge < -0.3 is 4.74 Å². The van der Waals surface area contributed by atoms with Crippen LogP contribution in [0, 0.1) is 11.6 Å². The number of ketones is 1. The monoisotopic (exact) mass is 296 g/mol. The first-order valence-corrected chi connectivity index (χ1v) is 6.27. The van der Waals surface area contributed by atoms with E-state index in [1.54, 1.807) is 0 Å². The summed E-state index contributed by atoms with van der Waals surface area (Å²) in [7, 11) is 0. The Balaban J connectivity index is 2.15. The van der Waals surface area contributed by atoms with Gasteiger partial charge in [0.05, 0.1) is 5.02 Å². The molecule has 0 aromatic heterocycles. The second kappa shape index (κ2) is 6.01. The largest absolute Gasteiger partial charge is 0.479 e. The minimum atomic E-state index is -0.909. The first kappa shape index (κ1) is 14.5. The van der Waals surface area contributed by atoms with E-state index in [1.165, 1.54) is 49.4 Å². The third-order valence-corrected chi connectivity index (χ3v) is 3.01. The molecule has 0 N–H and O–H groups in total. The second-order valence-corrected chi connectivity index (χ2v) is 4.59. The van der Waals surface area contributed by atoms with Crippen LogP contribution in [0.5, 0.6) is 5.75 Å². The Kier molecular flexibility index (Phi) is 4.35. The van der Waals surface area contributed by atoms with Crippen molar-refractivity contribution in [2.24, 2.45) is 0 Å². The van der Waals surface area contributed by atoms with Crippen LogP contribution in [-0.4, -0.2) is 11.9 Å². The maximum atomic E-state index is 13.7. The number of carbonyl (C=O) groups is 1. The van der Waals surface area contributed by atoms with Crippen molar-refractivity contribution in [3.63, 3.8) is 0 Å². The quantitative estimate of drug-likeness (QED) is 0.788. The van der Waals surface area contributed by atoms with Crippen molar-refractivity contribution in [2.75, 3.05) is 0 Å². The Morgan fingerprint density at radius 1 is 1.15 bits per heavy atom. The molecule has 2 aromatic carbocycles. The molecule has 0 fully saturated rings. The molecule has 2 nitrogen and oxygen atoms in total. The summed E-state index contributed by atoms with van der Waals surface area (Å²) in [5, 5.41) is -0.0797. The van der Waals surface area contributed by atoms with Gasteiger partial charge in [-0.25, -0.2) is 8.78 Å². The fourth-order valence-electron chi connectivity index (χ4n) is 1.67. The van der Waals surface area contributed by atoms with Crippen molar-refractivity contribution in [3.05, 3.63) is 64.7 Å². The van der Waals surface area contributed by atoms with E-state index in [-0.39, 0.29) is 16.6 Å². The molecular weight excluding hydrogens is 286 g/mol. The zero-order valence-corrected chi connectivity index (χ0v) is 11.3. The predicted octanol–water partition coefficient (Wildman–Crippen LogP) is 4.27. The number of hydrogen-bond acceptors (Lipinski definition) is 2. The summed E-state index contributed by atoms with van der Waals surface area (Å²) in [5.41, 5.74) is 0.293. The number of benzene rings is 2. The summed E-state index contributed by atoms with van der Waals surface area (Å²) in [4.78, 5) is 12.1. The fourth-order valence-corrected chi connectivity index (χ4v) is 1.83. The summed E-state index contributed by atoms with van der Waals surface area (Å²) >= 11 is 5.63. The lowest BCUT2D eigenvalue weighted by Crippen LogP contribution is -2.24. The van der Waals surface area contributed by atoms with Crippen LogP contribution in [0.4, 0.5) is 8.78 Å². The molecule has 0 saturated carbocycles. The van der Waals surface area contributed by atoms with Crippen LogP contribution in [0.15, 0.2) is 42.5 Å². The molecule has 0 radical (unpaired) electrons. The van der Waals surface area contributed by atoms with Gasteiger partial charge in [-0.05, 0) is 43.3 Å². The summed E-state index contributed by atoms with van der Waals surface area (Å²) < 4.78 is 31.7. The van der Waals surface area contributed by atoms with Crippen LogP contribution < -0.4 is 4.74 Å². The first-order valence-electron chi connectivity index (χ1n) is 5.89. The lowest BCUT2D eigenvalue weighted by molar-refractivity contribution is 0.0812. The molecule has 0 saturated heterocycles. The van der Waals surface area contributed by atoms with Crippen molar-refractivity contribution in [3.8, 4) is 5.75 Å². The summed E-state index contributed by atoms with van der Waals surface area (Å²) in [5.74, 6) is -1.62. The van der Waals surface area contributed by atoms with Gasteiger partial charge in [0.25, 0.3) is 0 Å². The maximum Gasteiger partial charge on any atom is 0.202 e. The number of hydrogen-bond donors (Lipinski definition) is 0. The smallest absolute Gasteiger partial charge is 0.202 e. The average Bonchev–Trinajstić information content (AvgIpc) is 2.44. The minimum absolute atomic E-state index is 0.0797. The third kappa shape index (κ3) is 3.14. The molecule has 2 aromatic rings. The molecule has 0 aliphatic heterocycles. The molecule has 1 atom stereocenters. The van der Waals surface area contributed by atoms with E-state index in [2.05, 4.69) is 0 Å². The molecule has 0 aliphatic rings. The van der Waals surface area contributed by atoms with Crippen LogP contribution >= 0.6 is 11.6 Å². The van der Waals surface area contributed by atoms with E-state index in [9.17, 15) is 13.6 Å². The van der Waals surface area contributed by atoms with E-state index in [0.717, 1.165) is 0 Å². The van der Waals surface area contributed by atoms with Crippen molar-refractivity contribution in [1.82, 2.24) is 0 Å². The summed E-state index contributed by atoms with van der Waals surface area (Å²) in [6.07, 6.45) is -0.909. The average molecular weight is 297 g/mol. The van der Waals surface area contributed by atoms with E-state index < -0.39 is 17.7 Å². The van der Waals surface area contributed by atoms with Crippen molar-refractivity contribution < 1.29 is 18.3 Å². The molecule has 2 rings (SSSR count). The van der Waals surface area contributed by atoms with Gasteiger partial charge in [0.2, 0.25) is 5.78 Å². The van der Waals surface area contributed by atoms with Gasteiger partial charge in [0, 0.05) is 5.56 Å². The van der Waals surface area contributed by atoms with Gasteiger partial charge in [-0.15, -0.1) is 0 Å². The molecule has 5 heteroatoms. The molecule has 0 heterocycles. The Labute approximate surface area is 119 Å². The minimum Gasteiger partial charge on any atom is -0.479 e. The highest BCUT2D eigenvalue weighted by atomic mass is 35.5. The molecule has 0 aliphatic carbocycles. The Morgan fingerprint density at radius 3 is 2.45 bits per heavy atom. The highest BCUT2D eigenvalue weighted by Crippen LogP contribution is 2.25. The zero-order chi connectivity index (χ0) is 14.7. The summed E-state index contributed by atoms with van der Waals surface area (Å²) in [6.45, 7) is 1.49. The van der Waals surface area contributed by atoms with Gasteiger partial charge in [-0.3, -0.25) is 4.79 Å². The normalized spacial score (nSPS) is 12.0. The number of rotatable bonds is 4. The number of ether oxygens (including phenoxy) is 1. The molecule has 1 unspecified atom stereocenters. The van der Waals surface area contributed by atoms with Crippen LogP contribution in [0.25, 0.3) is 0 Å². The predicted molar refractivity (Wildman–Crippen MR) is 72.2 cm³/mol. The van der Waals surface area contributed by atoms with Gasteiger partial charge in [-0.2, -0.15) is 0 Å². The highest BCUT2D eigenvalue weighted by molar-refractivity contribution is 6.30. The standard InChI is InChI=1S/C15H11ClF2O2/c1-9(15(19)10-5-7-11(17)8-6-10)20-13-4-2-3-12(16)14(13)18/h2-9H,1H3. The van der Waals surface area contributed by atoms with Crippen LogP contribution in [0.1, 0.15) is 17.3 Å². The topological polar surface area (TPSA) is 26.3 Å². The number of carbonyl (C=O) groups excluding carboxylic acids is 1. The molecule has 0 amide bonds. The SMILES string of the molecule is CC(Oc1cccc(Cl)c1F)C(=O)c1ccc(F)cc1. The fraction of sp³-hybridized carbons (Fsp3) is 0.133. The second-order valence-electron chi connectivity index (χ2n) is 4.18. The Hall–Kier alpha value is -1.94. The van der Waals surface area contributed by atoms with E-state index in [0.29, 0.717) is 5.56 Å². The van der Waals surface area contributed by atoms with Crippen molar-refractivity contribution >= 4 is 17.4 Å². The van der Waals surface area contributed by atoms with Crippen molar-refractivity contribution in [2.45, 2.75) is 13.0 Å². The lowest BCUT2D eigenvalue weighted by Gasteiger charge is -2.14. The third-order valence-electron chi connectivity index (χ3n) is 2.72. The van der Waals surface area contributed by atoms with Gasteiger partial charge in [-0.1, -0.05) is 17.7 Å². The Bertz CT molecular complexity index is 626. The van der Waals surface area contributed by atoms with E-state index >= 15 is 0 Å². The molecule has 0 spiro atoms. The first-order chi connectivity index (χ1) is 9.49. The Morgan fingerprint density at radius 2 is 1.80 bits per heavy atom. The molecule has 0 bridgehead atoms. The maximum absolute atomic E-state index is 13.7. The van der Waals surface area contributed by atoms with Gasteiger partial charge >= 0.3 is 0 Å². The summed E-state index contributed by atoms with van der Waals surface area (Å²) in [6, 6.07) is 9.36. The zero-order valence-electron chi connectivity index (χ0n) is 10.6. The highest BCUT2D eigenvalue weighted by Gasteiger charge is 2.19. The molecule has 104 valence electrons. The molecular formula is C15H11ClF2O2. The van der Waals surface area contributed by atoms with Gasteiger partial charge in [0.15, 0.2) is 17.7 Å². The number of Topliss-reactive ketones (excluding diaryl/α,β-unsaturated/α-hetero) is 1. The van der Waals surface area contributed by atoms with Crippen LogP contribution in [0.2, 0.25) is 5.02 Å². The van der Waals surface area contributed by atoms with Crippen LogP contribution in [0.3, 0.4) is 0 Å². The van der Waals surface area contributed by atoms with Crippen molar-refractivity contribution in [1.29, 1.82) is 0 Å². The number of halogens is 3. The van der Waals surface area contributed by atoms with E-state index in [1.807, 2.05) is 0 Å². The molecule has 20 heavy (non-hydrogen) atoms. The van der Waals surface area contributed by atoms with Gasteiger partial charge in [0.1, 0.15) is 5.82 Å². The lowest BCUT2D eigenvalue weighted by atomic mass is 10.1. The van der Waals surface area contributed by atoms with Crippen LogP contribution in [-0.2, 0) is 0 Å².